The number of nitrogens with one attached hydrogen (secondary N) is 1. The van der Waals surface area contributed by atoms with Crippen LogP contribution in [0.1, 0.15) is 37.3 Å². The number of hydrogen-bond acceptors (Lipinski definition) is 4. The topological polar surface area (TPSA) is 58.6 Å². The van der Waals surface area contributed by atoms with Crippen molar-refractivity contribution in [2.24, 2.45) is 0 Å². The molecule has 1 fully saturated rings. The van der Waals surface area contributed by atoms with Crippen LogP contribution in [0.15, 0.2) is 18.2 Å². The van der Waals surface area contributed by atoms with Gasteiger partial charge in [-0.2, -0.15) is 0 Å². The van der Waals surface area contributed by atoms with Crippen LogP contribution in [-0.4, -0.2) is 30.4 Å². The van der Waals surface area contributed by atoms with Crippen LogP contribution in [0.2, 0.25) is 0 Å². The highest BCUT2D eigenvalue weighted by Crippen LogP contribution is 2.24. The van der Waals surface area contributed by atoms with Gasteiger partial charge in [-0.15, -0.1) is 0 Å². The molecule has 5 nitrogen and oxygen atoms in total. The van der Waals surface area contributed by atoms with Crippen molar-refractivity contribution in [3.8, 4) is 5.75 Å². The monoisotopic (exact) mass is 290 g/mol. The van der Waals surface area contributed by atoms with E-state index in [0.717, 1.165) is 24.2 Å². The number of piperidine rings is 1. The van der Waals surface area contributed by atoms with Gasteiger partial charge in [0, 0.05) is 24.9 Å². The molecular weight excluding hydrogens is 268 g/mol. The third-order valence-electron chi connectivity index (χ3n) is 3.64. The molecule has 0 atom stereocenters. The summed E-state index contributed by atoms with van der Waals surface area (Å²) in [5, 5.41) is 3.26. The van der Waals surface area contributed by atoms with E-state index in [9.17, 15) is 9.59 Å². The highest BCUT2D eigenvalue weighted by molar-refractivity contribution is 5.97. The Labute approximate surface area is 125 Å². The highest BCUT2D eigenvalue weighted by atomic mass is 16.5. The molecule has 114 valence electrons. The molecule has 2 amide bonds. The molecule has 1 aliphatic rings. The molecule has 1 heterocycles. The molecule has 1 aromatic carbocycles. The van der Waals surface area contributed by atoms with E-state index in [0.29, 0.717) is 31.6 Å². The molecule has 0 spiro atoms. The summed E-state index contributed by atoms with van der Waals surface area (Å²) in [6.45, 7) is 4.00. The number of imide groups is 1. The quantitative estimate of drug-likeness (QED) is 0.812. The van der Waals surface area contributed by atoms with Crippen LogP contribution in [0, 0.1) is 0 Å². The first-order chi connectivity index (χ1) is 10.2. The van der Waals surface area contributed by atoms with Crippen molar-refractivity contribution < 1.29 is 14.3 Å². The number of carbonyl (C=O) groups is 2. The molecule has 2 rings (SSSR count). The Morgan fingerprint density at radius 1 is 1.24 bits per heavy atom. The molecule has 1 aromatic rings. The maximum Gasteiger partial charge on any atom is 0.229 e. The Bertz CT molecular complexity index is 512. The normalized spacial score (nSPS) is 15.4. The van der Waals surface area contributed by atoms with E-state index < -0.39 is 0 Å². The second kappa shape index (κ2) is 7.22. The molecule has 21 heavy (non-hydrogen) atoms. The molecule has 0 aliphatic carbocycles. The van der Waals surface area contributed by atoms with Gasteiger partial charge in [-0.3, -0.25) is 14.5 Å². The number of methoxy groups -OCH3 is 1. The molecule has 0 saturated carbocycles. The lowest BCUT2D eigenvalue weighted by molar-refractivity contribution is -0.148. The van der Waals surface area contributed by atoms with Gasteiger partial charge in [0.1, 0.15) is 5.75 Å². The van der Waals surface area contributed by atoms with Crippen LogP contribution < -0.4 is 10.1 Å². The highest BCUT2D eigenvalue weighted by Gasteiger charge is 2.26. The van der Waals surface area contributed by atoms with E-state index in [-0.39, 0.29) is 11.8 Å². The zero-order valence-electron chi connectivity index (χ0n) is 12.6. The molecule has 1 N–H and O–H groups in total. The average Bonchev–Trinajstić information content (AvgIpc) is 2.49. The maximum absolute atomic E-state index is 11.9. The summed E-state index contributed by atoms with van der Waals surface area (Å²) in [5.41, 5.74) is 1.99. The summed E-state index contributed by atoms with van der Waals surface area (Å²) in [7, 11) is 1.60. The lowest BCUT2D eigenvalue weighted by Crippen LogP contribution is -2.39. The molecule has 1 aliphatic heterocycles. The second-order valence-corrected chi connectivity index (χ2v) is 5.15. The van der Waals surface area contributed by atoms with Crippen LogP contribution >= 0.6 is 0 Å². The van der Waals surface area contributed by atoms with E-state index >= 15 is 0 Å². The van der Waals surface area contributed by atoms with E-state index in [1.165, 1.54) is 4.90 Å². The first-order valence-corrected chi connectivity index (χ1v) is 7.35. The summed E-state index contributed by atoms with van der Waals surface area (Å²) in [6.07, 6.45) is 1.56. The number of ether oxygens (including phenoxy) is 1. The Hall–Kier alpha value is -1.88. The largest absolute Gasteiger partial charge is 0.496 e. The number of carbonyl (C=O) groups excluding carboxylic acids is 2. The smallest absolute Gasteiger partial charge is 0.229 e. The predicted octanol–water partition coefficient (Wildman–Crippen LogP) is 1.84. The van der Waals surface area contributed by atoms with Crippen molar-refractivity contribution in [2.75, 3.05) is 13.7 Å². The van der Waals surface area contributed by atoms with Crippen LogP contribution in [0.3, 0.4) is 0 Å². The van der Waals surface area contributed by atoms with Crippen molar-refractivity contribution >= 4 is 11.8 Å². The Kier molecular flexibility index (Phi) is 5.33. The summed E-state index contributed by atoms with van der Waals surface area (Å²) in [6, 6.07) is 5.88. The van der Waals surface area contributed by atoms with Gasteiger partial charge in [-0.1, -0.05) is 13.0 Å². The average molecular weight is 290 g/mol. The Balaban J connectivity index is 2.19. The standard InChI is InChI=1S/C16H22N2O3/c1-3-17-10-12-7-8-14(21-2)13(9-12)11-18-15(19)5-4-6-16(18)20/h7-9,17H,3-6,10-11H2,1-2H3. The number of hydrogen-bond donors (Lipinski definition) is 1. The molecule has 0 radical (unpaired) electrons. The fraction of sp³-hybridized carbons (Fsp3) is 0.500. The summed E-state index contributed by atoms with van der Waals surface area (Å²) in [4.78, 5) is 25.2. The fourth-order valence-corrected chi connectivity index (χ4v) is 2.48. The van der Waals surface area contributed by atoms with E-state index in [4.69, 9.17) is 4.74 Å². The van der Waals surface area contributed by atoms with Crippen LogP contribution in [0.25, 0.3) is 0 Å². The molecule has 5 heteroatoms. The maximum atomic E-state index is 11.9. The van der Waals surface area contributed by atoms with Gasteiger partial charge in [0.2, 0.25) is 11.8 Å². The van der Waals surface area contributed by atoms with Crippen molar-refractivity contribution in [1.29, 1.82) is 0 Å². The van der Waals surface area contributed by atoms with Crippen LogP contribution in [0.5, 0.6) is 5.75 Å². The van der Waals surface area contributed by atoms with Crippen molar-refractivity contribution in [3.63, 3.8) is 0 Å². The first kappa shape index (κ1) is 15.5. The van der Waals surface area contributed by atoms with Crippen molar-refractivity contribution in [3.05, 3.63) is 29.3 Å². The van der Waals surface area contributed by atoms with Crippen molar-refractivity contribution in [1.82, 2.24) is 10.2 Å². The van der Waals surface area contributed by atoms with Gasteiger partial charge in [0.25, 0.3) is 0 Å². The van der Waals surface area contributed by atoms with Gasteiger partial charge in [0.05, 0.1) is 13.7 Å². The van der Waals surface area contributed by atoms with E-state index in [1.807, 2.05) is 18.2 Å². The van der Waals surface area contributed by atoms with E-state index in [1.54, 1.807) is 7.11 Å². The number of likely N-dealkylation sites (tertiary alicyclic amines) is 1. The third kappa shape index (κ3) is 3.82. The SMILES string of the molecule is CCNCc1ccc(OC)c(CN2C(=O)CCCC2=O)c1. The summed E-state index contributed by atoms with van der Waals surface area (Å²) >= 11 is 0. The van der Waals surface area contributed by atoms with Gasteiger partial charge >= 0.3 is 0 Å². The Morgan fingerprint density at radius 3 is 2.57 bits per heavy atom. The zero-order chi connectivity index (χ0) is 15.2. The number of nitrogens with zero attached hydrogens (tertiary/aromatic N) is 1. The van der Waals surface area contributed by atoms with Gasteiger partial charge in [0.15, 0.2) is 0 Å². The fourth-order valence-electron chi connectivity index (χ4n) is 2.48. The molecule has 0 aromatic heterocycles. The number of amides is 2. The summed E-state index contributed by atoms with van der Waals surface area (Å²) in [5.74, 6) is 0.525. The molecule has 0 bridgehead atoms. The first-order valence-electron chi connectivity index (χ1n) is 7.35. The minimum atomic E-state index is -0.0922. The van der Waals surface area contributed by atoms with Crippen LogP contribution in [-0.2, 0) is 22.7 Å². The number of benzene rings is 1. The number of rotatable bonds is 6. The zero-order valence-corrected chi connectivity index (χ0v) is 12.6. The van der Waals surface area contributed by atoms with Gasteiger partial charge in [-0.25, -0.2) is 0 Å². The lowest BCUT2D eigenvalue weighted by Gasteiger charge is -2.25. The third-order valence-corrected chi connectivity index (χ3v) is 3.64. The van der Waals surface area contributed by atoms with E-state index in [2.05, 4.69) is 12.2 Å². The minimum absolute atomic E-state index is 0.0922. The Morgan fingerprint density at radius 2 is 1.95 bits per heavy atom. The lowest BCUT2D eigenvalue weighted by atomic mass is 10.1. The molecule has 0 unspecified atom stereocenters. The summed E-state index contributed by atoms with van der Waals surface area (Å²) < 4.78 is 5.35. The van der Waals surface area contributed by atoms with Crippen LogP contribution in [0.4, 0.5) is 0 Å². The molecular formula is C16H22N2O3. The minimum Gasteiger partial charge on any atom is -0.496 e. The van der Waals surface area contributed by atoms with Crippen molar-refractivity contribution in [2.45, 2.75) is 39.3 Å². The predicted molar refractivity (Wildman–Crippen MR) is 79.8 cm³/mol. The molecule has 1 saturated heterocycles. The second-order valence-electron chi connectivity index (χ2n) is 5.15. The van der Waals surface area contributed by atoms with Gasteiger partial charge in [-0.05, 0) is 30.7 Å². The van der Waals surface area contributed by atoms with Gasteiger partial charge < -0.3 is 10.1 Å².